The van der Waals surface area contributed by atoms with Gasteiger partial charge in [-0.15, -0.1) is 0 Å². The van der Waals surface area contributed by atoms with Crippen LogP contribution in [0, 0.1) is 6.92 Å². The van der Waals surface area contributed by atoms with Crippen molar-refractivity contribution >= 4 is 11.9 Å². The highest BCUT2D eigenvalue weighted by Crippen LogP contribution is 2.23. The van der Waals surface area contributed by atoms with Crippen LogP contribution in [-0.2, 0) is 19.5 Å². The average Bonchev–Trinajstić information content (AvgIpc) is 2.77. The van der Waals surface area contributed by atoms with E-state index >= 15 is 0 Å². The summed E-state index contributed by atoms with van der Waals surface area (Å²) in [6.45, 7) is 6.75. The Kier molecular flexibility index (Phi) is 5.56. The second-order valence-electron chi connectivity index (χ2n) is 7.44. The van der Waals surface area contributed by atoms with Crippen LogP contribution in [0.4, 0.5) is 5.95 Å². The van der Waals surface area contributed by atoms with Crippen LogP contribution in [0.3, 0.4) is 0 Å². The first-order valence-electron chi connectivity index (χ1n) is 10.1. The highest BCUT2D eigenvalue weighted by Gasteiger charge is 2.22. The summed E-state index contributed by atoms with van der Waals surface area (Å²) in [4.78, 5) is 26.5. The Balaban J connectivity index is 1.57. The van der Waals surface area contributed by atoms with Crippen molar-refractivity contribution in [1.82, 2.24) is 14.9 Å². The monoisotopic (exact) mass is 386 g/mol. The van der Waals surface area contributed by atoms with Crippen molar-refractivity contribution in [2.75, 3.05) is 18.0 Å². The standard InChI is InChI=1S/C24H26N4O/c1-3-27(16-19-9-5-4-6-10-19)23(29)22-15-18(2)25-24(26-22)28-14-13-20-11-7-8-12-21(20)17-28/h4-12,15H,3,13-14,16-17H2,1-2H3. The maximum Gasteiger partial charge on any atom is 0.272 e. The molecule has 1 amide bonds. The molecule has 1 aromatic heterocycles. The lowest BCUT2D eigenvalue weighted by Gasteiger charge is -2.29. The molecule has 1 aliphatic heterocycles. The molecule has 2 aromatic carbocycles. The Morgan fingerprint density at radius 3 is 2.52 bits per heavy atom. The minimum absolute atomic E-state index is 0.0551. The molecule has 0 saturated carbocycles. The molecular weight excluding hydrogens is 360 g/mol. The Hall–Kier alpha value is -3.21. The van der Waals surface area contributed by atoms with Crippen LogP contribution < -0.4 is 4.90 Å². The van der Waals surface area contributed by atoms with Crippen molar-refractivity contribution in [3.63, 3.8) is 0 Å². The Morgan fingerprint density at radius 1 is 1.03 bits per heavy atom. The fourth-order valence-electron chi connectivity index (χ4n) is 3.76. The first kappa shape index (κ1) is 19.1. The molecule has 4 rings (SSSR count). The van der Waals surface area contributed by atoms with Crippen LogP contribution in [0.5, 0.6) is 0 Å². The zero-order valence-electron chi connectivity index (χ0n) is 17.0. The number of carbonyl (C=O) groups excluding carboxylic acids is 1. The number of aryl methyl sites for hydroxylation is 1. The highest BCUT2D eigenvalue weighted by atomic mass is 16.2. The third kappa shape index (κ3) is 4.29. The second kappa shape index (κ2) is 8.43. The van der Waals surface area contributed by atoms with Gasteiger partial charge in [0.15, 0.2) is 0 Å². The number of benzene rings is 2. The smallest absolute Gasteiger partial charge is 0.272 e. The predicted octanol–water partition coefficient (Wildman–Crippen LogP) is 4.01. The van der Waals surface area contributed by atoms with E-state index in [9.17, 15) is 4.79 Å². The van der Waals surface area contributed by atoms with Crippen molar-refractivity contribution in [2.24, 2.45) is 0 Å². The van der Waals surface area contributed by atoms with E-state index in [1.807, 2.05) is 49.1 Å². The number of fused-ring (bicyclic) bond motifs is 1. The van der Waals surface area contributed by atoms with Gasteiger partial charge in [0, 0.05) is 31.9 Å². The number of hydrogen-bond acceptors (Lipinski definition) is 4. The summed E-state index contributed by atoms with van der Waals surface area (Å²) in [5.41, 5.74) is 5.07. The van der Waals surface area contributed by atoms with Crippen molar-refractivity contribution in [1.29, 1.82) is 0 Å². The van der Waals surface area contributed by atoms with Gasteiger partial charge in [0.2, 0.25) is 5.95 Å². The molecule has 0 atom stereocenters. The molecule has 1 aliphatic rings. The number of aromatic nitrogens is 2. The molecule has 0 spiro atoms. The number of carbonyl (C=O) groups is 1. The molecule has 0 aliphatic carbocycles. The second-order valence-corrected chi connectivity index (χ2v) is 7.44. The molecule has 0 saturated heterocycles. The van der Waals surface area contributed by atoms with E-state index in [1.165, 1.54) is 11.1 Å². The van der Waals surface area contributed by atoms with Gasteiger partial charge >= 0.3 is 0 Å². The number of amides is 1. The lowest BCUT2D eigenvalue weighted by atomic mass is 10.0. The topological polar surface area (TPSA) is 49.3 Å². The van der Waals surface area contributed by atoms with Gasteiger partial charge in [-0.25, -0.2) is 9.97 Å². The van der Waals surface area contributed by atoms with E-state index in [0.29, 0.717) is 24.7 Å². The lowest BCUT2D eigenvalue weighted by Crippen LogP contribution is -2.34. The molecule has 0 bridgehead atoms. The highest BCUT2D eigenvalue weighted by molar-refractivity contribution is 5.92. The lowest BCUT2D eigenvalue weighted by molar-refractivity contribution is 0.0746. The largest absolute Gasteiger partial charge is 0.336 e. The number of rotatable bonds is 5. The van der Waals surface area contributed by atoms with E-state index in [4.69, 9.17) is 0 Å². The number of anilines is 1. The quantitative estimate of drug-likeness (QED) is 0.665. The van der Waals surface area contributed by atoms with Crippen LogP contribution in [-0.4, -0.2) is 33.9 Å². The Bertz CT molecular complexity index is 1000. The SMILES string of the molecule is CCN(Cc1ccccc1)C(=O)c1cc(C)nc(N2CCc3ccccc3C2)n1. The van der Waals surface area contributed by atoms with Gasteiger partial charge in [0.05, 0.1) is 0 Å². The normalized spacial score (nSPS) is 13.1. The summed E-state index contributed by atoms with van der Waals surface area (Å²) >= 11 is 0. The van der Waals surface area contributed by atoms with Gasteiger partial charge in [0.25, 0.3) is 5.91 Å². The van der Waals surface area contributed by atoms with Crippen LogP contribution in [0.2, 0.25) is 0 Å². The number of hydrogen-bond donors (Lipinski definition) is 0. The summed E-state index contributed by atoms with van der Waals surface area (Å²) in [7, 11) is 0. The summed E-state index contributed by atoms with van der Waals surface area (Å²) in [6, 6.07) is 20.3. The average molecular weight is 386 g/mol. The third-order valence-corrected chi connectivity index (χ3v) is 5.36. The maximum absolute atomic E-state index is 13.2. The van der Waals surface area contributed by atoms with E-state index < -0.39 is 0 Å². The predicted molar refractivity (Wildman–Crippen MR) is 115 cm³/mol. The zero-order valence-corrected chi connectivity index (χ0v) is 17.0. The summed E-state index contributed by atoms with van der Waals surface area (Å²) in [5, 5.41) is 0. The molecule has 0 N–H and O–H groups in total. The van der Waals surface area contributed by atoms with Gasteiger partial charge in [-0.05, 0) is 43.0 Å². The minimum atomic E-state index is -0.0551. The van der Waals surface area contributed by atoms with Crippen LogP contribution in [0.1, 0.15) is 39.8 Å². The van der Waals surface area contributed by atoms with E-state index in [2.05, 4.69) is 39.1 Å². The molecule has 0 radical (unpaired) electrons. The molecule has 0 unspecified atom stereocenters. The summed E-state index contributed by atoms with van der Waals surface area (Å²) < 4.78 is 0. The molecular formula is C24H26N4O. The van der Waals surface area contributed by atoms with E-state index in [-0.39, 0.29) is 5.91 Å². The minimum Gasteiger partial charge on any atom is -0.336 e. The van der Waals surface area contributed by atoms with Crippen molar-refractivity contribution in [3.05, 3.63) is 88.7 Å². The summed E-state index contributed by atoms with van der Waals surface area (Å²) in [6.07, 6.45) is 0.964. The van der Waals surface area contributed by atoms with Crippen molar-refractivity contribution in [3.8, 4) is 0 Å². The Labute approximate surface area is 172 Å². The molecule has 148 valence electrons. The fraction of sp³-hybridized carbons (Fsp3) is 0.292. The van der Waals surface area contributed by atoms with Crippen molar-refractivity contribution in [2.45, 2.75) is 33.4 Å². The first-order valence-corrected chi connectivity index (χ1v) is 10.1. The van der Waals surface area contributed by atoms with Crippen LogP contribution in [0.15, 0.2) is 60.7 Å². The summed E-state index contributed by atoms with van der Waals surface area (Å²) in [5.74, 6) is 0.583. The first-order chi connectivity index (χ1) is 14.1. The molecule has 2 heterocycles. The van der Waals surface area contributed by atoms with Gasteiger partial charge in [0.1, 0.15) is 5.69 Å². The van der Waals surface area contributed by atoms with Gasteiger partial charge in [-0.2, -0.15) is 0 Å². The number of nitrogens with zero attached hydrogens (tertiary/aromatic N) is 4. The molecule has 3 aromatic rings. The van der Waals surface area contributed by atoms with Crippen LogP contribution in [0.25, 0.3) is 0 Å². The van der Waals surface area contributed by atoms with Gasteiger partial charge in [-0.3, -0.25) is 4.79 Å². The zero-order chi connectivity index (χ0) is 20.2. The fourth-order valence-corrected chi connectivity index (χ4v) is 3.76. The van der Waals surface area contributed by atoms with Gasteiger partial charge < -0.3 is 9.80 Å². The third-order valence-electron chi connectivity index (χ3n) is 5.36. The molecule has 0 fully saturated rings. The van der Waals surface area contributed by atoms with Gasteiger partial charge in [-0.1, -0.05) is 54.6 Å². The maximum atomic E-state index is 13.2. The molecule has 5 heteroatoms. The Morgan fingerprint density at radius 2 is 1.76 bits per heavy atom. The molecule has 29 heavy (non-hydrogen) atoms. The van der Waals surface area contributed by atoms with Crippen LogP contribution >= 0.6 is 0 Å². The van der Waals surface area contributed by atoms with E-state index in [0.717, 1.165) is 30.8 Å². The molecule has 5 nitrogen and oxygen atoms in total. The van der Waals surface area contributed by atoms with Crippen molar-refractivity contribution < 1.29 is 4.79 Å². The van der Waals surface area contributed by atoms with E-state index in [1.54, 1.807) is 6.07 Å².